The molecule has 6 nitrogen and oxygen atoms in total. The van der Waals surface area contributed by atoms with Crippen LogP contribution >= 0.6 is 34.8 Å². The predicted octanol–water partition coefficient (Wildman–Crippen LogP) is 5.13. The van der Waals surface area contributed by atoms with Crippen LogP contribution in [0, 0.1) is 5.82 Å². The molecule has 0 aliphatic heterocycles. The van der Waals surface area contributed by atoms with Gasteiger partial charge in [-0.2, -0.15) is 5.10 Å². The van der Waals surface area contributed by atoms with Gasteiger partial charge in [0.2, 0.25) is 0 Å². The van der Waals surface area contributed by atoms with Crippen LogP contribution in [0.1, 0.15) is 5.56 Å². The predicted molar refractivity (Wildman–Crippen MR) is 125 cm³/mol. The van der Waals surface area contributed by atoms with Gasteiger partial charge in [-0.1, -0.05) is 65.1 Å². The Morgan fingerprint density at radius 2 is 1.62 bits per heavy atom. The van der Waals surface area contributed by atoms with Gasteiger partial charge in [-0.05, 0) is 36.4 Å². The lowest BCUT2D eigenvalue weighted by molar-refractivity contribution is -0.119. The minimum Gasteiger partial charge on any atom is -0.271 e. The van der Waals surface area contributed by atoms with E-state index < -0.39 is 28.3 Å². The Bertz CT molecular complexity index is 1250. The van der Waals surface area contributed by atoms with Crippen molar-refractivity contribution in [3.05, 3.63) is 93.2 Å². The van der Waals surface area contributed by atoms with Crippen molar-refractivity contribution in [3.63, 3.8) is 0 Å². The van der Waals surface area contributed by atoms with Gasteiger partial charge in [0.1, 0.15) is 12.4 Å². The van der Waals surface area contributed by atoms with Crippen LogP contribution < -0.4 is 9.73 Å². The van der Waals surface area contributed by atoms with Crippen molar-refractivity contribution in [1.82, 2.24) is 5.43 Å². The number of carbonyl (C=O) groups excluding carboxylic acids is 1. The molecule has 0 saturated heterocycles. The Hall–Kier alpha value is -2.65. The van der Waals surface area contributed by atoms with Crippen LogP contribution in [0.25, 0.3) is 0 Å². The molecule has 0 aromatic heterocycles. The maximum Gasteiger partial charge on any atom is 0.264 e. The van der Waals surface area contributed by atoms with Gasteiger partial charge in [-0.15, -0.1) is 0 Å². The van der Waals surface area contributed by atoms with Crippen molar-refractivity contribution in [3.8, 4) is 0 Å². The maximum absolute atomic E-state index is 13.8. The minimum absolute atomic E-state index is 0.0132. The highest BCUT2D eigenvalue weighted by molar-refractivity contribution is 7.92. The van der Waals surface area contributed by atoms with Gasteiger partial charge in [0.15, 0.2) is 0 Å². The summed E-state index contributed by atoms with van der Waals surface area (Å²) in [7, 11) is -4.18. The maximum atomic E-state index is 13.8. The first-order chi connectivity index (χ1) is 15.2. The largest absolute Gasteiger partial charge is 0.271 e. The highest BCUT2D eigenvalue weighted by Gasteiger charge is 2.29. The molecular weight excluding hydrogens is 500 g/mol. The molecule has 3 aromatic carbocycles. The minimum atomic E-state index is -4.18. The third kappa shape index (κ3) is 5.39. The van der Waals surface area contributed by atoms with Gasteiger partial charge >= 0.3 is 0 Å². The summed E-state index contributed by atoms with van der Waals surface area (Å²) < 4.78 is 41.2. The van der Waals surface area contributed by atoms with E-state index in [1.807, 2.05) is 0 Å². The summed E-state index contributed by atoms with van der Waals surface area (Å²) >= 11 is 18.2. The number of hydrazone groups is 1. The van der Waals surface area contributed by atoms with Crippen LogP contribution in [0.15, 0.2) is 76.7 Å². The van der Waals surface area contributed by atoms with Crippen LogP contribution in [-0.2, 0) is 14.8 Å². The van der Waals surface area contributed by atoms with E-state index in [1.165, 1.54) is 48.5 Å². The van der Waals surface area contributed by atoms with E-state index in [-0.39, 0.29) is 31.2 Å². The van der Waals surface area contributed by atoms with Gasteiger partial charge in [0.25, 0.3) is 15.9 Å². The lowest BCUT2D eigenvalue weighted by Gasteiger charge is -2.24. The summed E-state index contributed by atoms with van der Waals surface area (Å²) in [5.74, 6) is -1.43. The molecule has 0 heterocycles. The Morgan fingerprint density at radius 3 is 2.31 bits per heavy atom. The van der Waals surface area contributed by atoms with Crippen molar-refractivity contribution in [2.24, 2.45) is 5.10 Å². The molecule has 0 saturated carbocycles. The first-order valence-corrected chi connectivity index (χ1v) is 11.6. The van der Waals surface area contributed by atoms with Crippen molar-refractivity contribution < 1.29 is 17.6 Å². The van der Waals surface area contributed by atoms with Crippen molar-refractivity contribution in [2.75, 3.05) is 10.8 Å². The summed E-state index contributed by atoms with van der Waals surface area (Å²) in [5.41, 5.74) is 2.15. The van der Waals surface area contributed by atoms with E-state index in [2.05, 4.69) is 10.5 Å². The number of nitrogens with zero attached hydrogens (tertiary/aromatic N) is 2. The third-order valence-corrected chi connectivity index (χ3v) is 7.11. The van der Waals surface area contributed by atoms with Crippen LogP contribution in [0.3, 0.4) is 0 Å². The van der Waals surface area contributed by atoms with Crippen LogP contribution in [0.5, 0.6) is 0 Å². The van der Waals surface area contributed by atoms with Crippen molar-refractivity contribution in [2.45, 2.75) is 4.90 Å². The molecule has 0 fully saturated rings. The number of benzene rings is 3. The van der Waals surface area contributed by atoms with E-state index in [0.717, 1.165) is 10.5 Å². The molecular formula is C21H15Cl3FN3O3S. The van der Waals surface area contributed by atoms with Gasteiger partial charge in [0.05, 0.1) is 31.9 Å². The zero-order valence-corrected chi connectivity index (χ0v) is 19.3. The van der Waals surface area contributed by atoms with Gasteiger partial charge < -0.3 is 0 Å². The fraction of sp³-hybridized carbons (Fsp3) is 0.0476. The molecule has 0 radical (unpaired) electrons. The van der Waals surface area contributed by atoms with Crippen LogP contribution in [0.2, 0.25) is 15.1 Å². The zero-order valence-electron chi connectivity index (χ0n) is 16.2. The van der Waals surface area contributed by atoms with Crippen molar-refractivity contribution >= 4 is 62.6 Å². The smallest absolute Gasteiger partial charge is 0.264 e. The Kier molecular flexibility index (Phi) is 7.73. The number of anilines is 1. The van der Waals surface area contributed by atoms with Gasteiger partial charge in [0, 0.05) is 5.56 Å². The molecule has 0 bridgehead atoms. The second-order valence-electron chi connectivity index (χ2n) is 6.33. The number of carbonyl (C=O) groups is 1. The molecule has 3 aromatic rings. The average molecular weight is 515 g/mol. The first kappa shape index (κ1) is 24.0. The summed E-state index contributed by atoms with van der Waals surface area (Å²) in [6.45, 7) is -0.667. The third-order valence-electron chi connectivity index (χ3n) is 4.20. The fourth-order valence-electron chi connectivity index (χ4n) is 2.67. The quantitative estimate of drug-likeness (QED) is 0.351. The normalized spacial score (nSPS) is 11.5. The molecule has 1 N–H and O–H groups in total. The van der Waals surface area contributed by atoms with E-state index in [1.54, 1.807) is 18.2 Å². The summed E-state index contributed by atoms with van der Waals surface area (Å²) in [6, 6.07) is 16.0. The number of sulfonamides is 1. The lowest BCUT2D eigenvalue weighted by Crippen LogP contribution is -2.39. The van der Waals surface area contributed by atoms with E-state index in [9.17, 15) is 17.6 Å². The second-order valence-corrected chi connectivity index (χ2v) is 9.38. The molecule has 166 valence electrons. The van der Waals surface area contributed by atoms with E-state index in [4.69, 9.17) is 34.8 Å². The number of hydrogen-bond donors (Lipinski definition) is 1. The zero-order chi connectivity index (χ0) is 23.3. The lowest BCUT2D eigenvalue weighted by atomic mass is 10.2. The number of halogens is 4. The monoisotopic (exact) mass is 513 g/mol. The average Bonchev–Trinajstić information content (AvgIpc) is 2.77. The standard InChI is InChI=1S/C21H15Cl3FN3O3S/c22-16-8-4-10-18(25)15(16)12-26-27-20(29)13-28(19-11-5-9-17(23)21(19)24)32(30,31)14-6-2-1-3-7-14/h1-12H,13H2,(H,27,29)/b26-12+. The summed E-state index contributed by atoms with van der Waals surface area (Å²) in [6.07, 6.45) is 1.03. The Balaban J connectivity index is 1.90. The highest BCUT2D eigenvalue weighted by Crippen LogP contribution is 2.35. The number of amides is 1. The molecule has 0 aliphatic carbocycles. The Morgan fingerprint density at radius 1 is 0.969 bits per heavy atom. The molecule has 0 aliphatic rings. The fourth-order valence-corrected chi connectivity index (χ4v) is 4.79. The molecule has 0 unspecified atom stereocenters. The van der Waals surface area contributed by atoms with Crippen LogP contribution in [-0.4, -0.2) is 27.1 Å². The molecule has 1 amide bonds. The van der Waals surface area contributed by atoms with E-state index in [0.29, 0.717) is 0 Å². The van der Waals surface area contributed by atoms with E-state index >= 15 is 0 Å². The van der Waals surface area contributed by atoms with Crippen molar-refractivity contribution in [1.29, 1.82) is 0 Å². The second kappa shape index (κ2) is 10.3. The molecule has 0 spiro atoms. The summed E-state index contributed by atoms with van der Waals surface area (Å²) in [4.78, 5) is 12.5. The topological polar surface area (TPSA) is 78.8 Å². The first-order valence-electron chi connectivity index (χ1n) is 8.99. The van der Waals surface area contributed by atoms with Gasteiger partial charge in [-0.3, -0.25) is 9.10 Å². The molecule has 3 rings (SSSR count). The summed E-state index contributed by atoms with van der Waals surface area (Å²) in [5, 5.41) is 3.85. The van der Waals surface area contributed by atoms with Gasteiger partial charge in [-0.25, -0.2) is 18.2 Å². The number of nitrogens with one attached hydrogen (secondary N) is 1. The molecule has 11 heteroatoms. The van der Waals surface area contributed by atoms with Crippen LogP contribution in [0.4, 0.5) is 10.1 Å². The number of hydrogen-bond acceptors (Lipinski definition) is 4. The Labute approximate surface area is 199 Å². The highest BCUT2D eigenvalue weighted by atomic mass is 35.5. The molecule has 0 atom stereocenters. The SMILES string of the molecule is O=C(CN(c1cccc(Cl)c1Cl)S(=O)(=O)c1ccccc1)N/N=C/c1c(F)cccc1Cl. The molecule has 32 heavy (non-hydrogen) atoms. The number of rotatable bonds is 7.